The fourth-order valence-corrected chi connectivity index (χ4v) is 3.30. The number of halogens is 1. The van der Waals surface area contributed by atoms with Crippen molar-refractivity contribution in [1.82, 2.24) is 16.0 Å². The first-order valence-electron chi connectivity index (χ1n) is 11.1. The van der Waals surface area contributed by atoms with Crippen LogP contribution in [-0.2, 0) is 19.7 Å². The van der Waals surface area contributed by atoms with Crippen molar-refractivity contribution in [2.75, 3.05) is 11.9 Å². The summed E-state index contributed by atoms with van der Waals surface area (Å²) in [6.45, 7) is 8.97. The molecule has 5 amide bonds. The van der Waals surface area contributed by atoms with Gasteiger partial charge in [0.05, 0.1) is 0 Å². The number of hydrogen-bond acceptors (Lipinski definition) is 5. The van der Waals surface area contributed by atoms with Crippen molar-refractivity contribution in [2.45, 2.75) is 70.5 Å². The van der Waals surface area contributed by atoms with Crippen LogP contribution in [0.1, 0.15) is 53.0 Å². The minimum atomic E-state index is -0.910. The Kier molecular flexibility index (Phi) is 11.8. The third kappa shape index (κ3) is 11.4. The Morgan fingerprint density at radius 3 is 2.15 bits per heavy atom. The Morgan fingerprint density at radius 1 is 1.03 bits per heavy atom. The lowest BCUT2D eigenvalue weighted by Crippen LogP contribution is -2.55. The summed E-state index contributed by atoms with van der Waals surface area (Å²) in [6, 6.07) is 4.79. The van der Waals surface area contributed by atoms with E-state index in [1.807, 2.05) is 12.1 Å². The molecule has 0 aliphatic rings. The Morgan fingerprint density at radius 2 is 1.65 bits per heavy atom. The lowest BCUT2D eigenvalue weighted by molar-refractivity contribution is -0.128. The predicted molar refractivity (Wildman–Crippen MR) is 134 cm³/mol. The van der Waals surface area contributed by atoms with Gasteiger partial charge in [0.15, 0.2) is 0 Å². The summed E-state index contributed by atoms with van der Waals surface area (Å²) < 4.78 is 5.26. The van der Waals surface area contributed by atoms with Gasteiger partial charge < -0.3 is 31.7 Å². The number of amides is 5. The molecule has 0 fully saturated rings. The molecule has 0 aliphatic heterocycles. The van der Waals surface area contributed by atoms with Crippen molar-refractivity contribution in [1.29, 1.82) is 0 Å². The number of ether oxygens (including phenoxy) is 1. The SMILES string of the molecule is CC(C)[C@H](NC(=O)OC(C)(C)C)C(=O)N[C@@H](CCCNC(N)=O)C(=O)Nc1ccc(CBr)cc1. The van der Waals surface area contributed by atoms with Crippen LogP contribution in [0.5, 0.6) is 0 Å². The van der Waals surface area contributed by atoms with Gasteiger partial charge in [-0.05, 0) is 57.2 Å². The number of nitrogens with one attached hydrogen (secondary N) is 4. The molecule has 190 valence electrons. The summed E-state index contributed by atoms with van der Waals surface area (Å²) in [6.07, 6.45) is -0.0792. The molecule has 1 aromatic carbocycles. The van der Waals surface area contributed by atoms with Gasteiger partial charge in [0, 0.05) is 17.6 Å². The molecular weight excluding hydrogens is 506 g/mol. The van der Waals surface area contributed by atoms with Crippen molar-refractivity contribution < 1.29 is 23.9 Å². The fraction of sp³-hybridized carbons (Fsp3) is 0.565. The van der Waals surface area contributed by atoms with Gasteiger partial charge in [-0.25, -0.2) is 9.59 Å². The Bertz CT molecular complexity index is 839. The largest absolute Gasteiger partial charge is 0.444 e. The summed E-state index contributed by atoms with van der Waals surface area (Å²) in [5, 5.41) is 11.2. The Balaban J connectivity index is 2.92. The normalized spacial score (nSPS) is 12.9. The highest BCUT2D eigenvalue weighted by Crippen LogP contribution is 2.14. The average molecular weight is 542 g/mol. The molecule has 0 aromatic heterocycles. The van der Waals surface area contributed by atoms with Gasteiger partial charge in [-0.15, -0.1) is 0 Å². The van der Waals surface area contributed by atoms with Crippen LogP contribution >= 0.6 is 15.9 Å². The summed E-state index contributed by atoms with van der Waals surface area (Å²) in [7, 11) is 0. The lowest BCUT2D eigenvalue weighted by atomic mass is 10.0. The van der Waals surface area contributed by atoms with Crippen LogP contribution in [0, 0.1) is 5.92 Å². The Labute approximate surface area is 209 Å². The highest BCUT2D eigenvalue weighted by Gasteiger charge is 2.30. The second-order valence-electron chi connectivity index (χ2n) is 9.18. The van der Waals surface area contributed by atoms with Crippen LogP contribution in [0.4, 0.5) is 15.3 Å². The van der Waals surface area contributed by atoms with Crippen LogP contribution in [-0.4, -0.2) is 48.2 Å². The van der Waals surface area contributed by atoms with Gasteiger partial charge in [-0.1, -0.05) is 41.9 Å². The van der Waals surface area contributed by atoms with E-state index in [1.165, 1.54) is 0 Å². The van der Waals surface area contributed by atoms with Crippen molar-refractivity contribution in [3.63, 3.8) is 0 Å². The predicted octanol–water partition coefficient (Wildman–Crippen LogP) is 3.00. The van der Waals surface area contributed by atoms with Gasteiger partial charge in [0.2, 0.25) is 11.8 Å². The molecular formula is C23H36BrN5O5. The van der Waals surface area contributed by atoms with E-state index in [0.717, 1.165) is 5.56 Å². The van der Waals surface area contributed by atoms with E-state index in [4.69, 9.17) is 10.5 Å². The molecule has 0 unspecified atom stereocenters. The van der Waals surface area contributed by atoms with E-state index in [0.29, 0.717) is 17.4 Å². The first-order chi connectivity index (χ1) is 15.8. The van der Waals surface area contributed by atoms with Crippen LogP contribution < -0.4 is 27.0 Å². The van der Waals surface area contributed by atoms with E-state index in [1.54, 1.807) is 46.8 Å². The number of carbonyl (C=O) groups is 4. The number of rotatable bonds is 11. The van der Waals surface area contributed by atoms with Crippen LogP contribution in [0.25, 0.3) is 0 Å². The second-order valence-corrected chi connectivity index (χ2v) is 9.74. The average Bonchev–Trinajstić information content (AvgIpc) is 2.72. The number of alkyl carbamates (subject to hydrolysis) is 1. The standard InChI is InChI=1S/C23H36BrN5O5/c1-14(2)18(29-22(33)34-23(3,4)5)20(31)28-17(7-6-12-26-21(25)32)19(30)27-16-10-8-15(13-24)9-11-16/h8-11,14,17-18H,6-7,12-13H2,1-5H3,(H,27,30)(H,28,31)(H,29,33)(H3,25,26,32)/t17-,18-/m0/s1. The van der Waals surface area contributed by atoms with Crippen molar-refractivity contribution in [2.24, 2.45) is 11.7 Å². The smallest absolute Gasteiger partial charge is 0.408 e. The maximum absolute atomic E-state index is 13.0. The summed E-state index contributed by atoms with van der Waals surface area (Å²) in [5.41, 5.74) is 5.99. The highest BCUT2D eigenvalue weighted by atomic mass is 79.9. The molecule has 1 aromatic rings. The summed E-state index contributed by atoms with van der Waals surface area (Å²) in [4.78, 5) is 49.1. The molecule has 0 saturated carbocycles. The zero-order valence-corrected chi connectivity index (χ0v) is 22.0. The number of urea groups is 1. The van der Waals surface area contributed by atoms with Crippen LogP contribution in [0.3, 0.4) is 0 Å². The quantitative estimate of drug-likeness (QED) is 0.215. The third-order valence-corrected chi connectivity index (χ3v) is 5.25. The number of benzene rings is 1. The maximum atomic E-state index is 13.0. The molecule has 0 aliphatic carbocycles. The number of nitrogens with two attached hydrogens (primary N) is 1. The number of primary amides is 1. The van der Waals surface area contributed by atoms with Gasteiger partial charge in [-0.3, -0.25) is 9.59 Å². The van der Waals surface area contributed by atoms with Gasteiger partial charge >= 0.3 is 12.1 Å². The molecule has 0 spiro atoms. The molecule has 11 heteroatoms. The van der Waals surface area contributed by atoms with Crippen molar-refractivity contribution in [3.05, 3.63) is 29.8 Å². The van der Waals surface area contributed by atoms with E-state index in [9.17, 15) is 19.2 Å². The highest BCUT2D eigenvalue weighted by molar-refractivity contribution is 9.08. The molecule has 10 nitrogen and oxygen atoms in total. The molecule has 6 N–H and O–H groups in total. The molecule has 0 saturated heterocycles. The molecule has 0 bridgehead atoms. The number of hydrogen-bond donors (Lipinski definition) is 5. The number of anilines is 1. The minimum absolute atomic E-state index is 0.245. The Hall–Kier alpha value is -2.82. The first kappa shape index (κ1) is 29.2. The van der Waals surface area contributed by atoms with Gasteiger partial charge in [-0.2, -0.15) is 0 Å². The number of carbonyl (C=O) groups excluding carboxylic acids is 4. The minimum Gasteiger partial charge on any atom is -0.444 e. The van der Waals surface area contributed by atoms with Crippen molar-refractivity contribution >= 4 is 45.6 Å². The maximum Gasteiger partial charge on any atom is 0.408 e. The monoisotopic (exact) mass is 541 g/mol. The molecule has 0 radical (unpaired) electrons. The van der Waals surface area contributed by atoms with E-state index in [2.05, 4.69) is 37.2 Å². The summed E-state index contributed by atoms with van der Waals surface area (Å²) >= 11 is 3.37. The fourth-order valence-electron chi connectivity index (χ4n) is 2.92. The van der Waals surface area contributed by atoms with Crippen LogP contribution in [0.2, 0.25) is 0 Å². The van der Waals surface area contributed by atoms with Gasteiger partial charge in [0.25, 0.3) is 0 Å². The first-order valence-corrected chi connectivity index (χ1v) is 12.2. The molecule has 1 rings (SSSR count). The van der Waals surface area contributed by atoms with E-state index in [-0.39, 0.29) is 18.9 Å². The van der Waals surface area contributed by atoms with Gasteiger partial charge in [0.1, 0.15) is 17.7 Å². The number of alkyl halides is 1. The topological polar surface area (TPSA) is 152 Å². The van der Waals surface area contributed by atoms with E-state index < -0.39 is 41.6 Å². The zero-order chi connectivity index (χ0) is 25.9. The molecule has 34 heavy (non-hydrogen) atoms. The summed E-state index contributed by atoms with van der Waals surface area (Å²) in [5.74, 6) is -1.19. The van der Waals surface area contributed by atoms with Crippen molar-refractivity contribution in [3.8, 4) is 0 Å². The zero-order valence-electron chi connectivity index (χ0n) is 20.4. The molecule has 2 atom stereocenters. The third-order valence-electron chi connectivity index (χ3n) is 4.60. The van der Waals surface area contributed by atoms with E-state index >= 15 is 0 Å². The lowest BCUT2D eigenvalue weighted by Gasteiger charge is -2.27. The van der Waals surface area contributed by atoms with Crippen LogP contribution in [0.15, 0.2) is 24.3 Å². The molecule has 0 heterocycles. The second kappa shape index (κ2) is 13.8.